The molecule has 5 nitrogen and oxygen atoms in total. The second-order valence-corrected chi connectivity index (χ2v) is 4.97. The summed E-state index contributed by atoms with van der Waals surface area (Å²) in [5.41, 5.74) is 0.903. The number of nitrogens with zero attached hydrogens (tertiary/aromatic N) is 1. The van der Waals surface area contributed by atoms with Crippen LogP contribution in [0.2, 0.25) is 0 Å². The van der Waals surface area contributed by atoms with Crippen LogP contribution in [0, 0.1) is 3.77 Å². The second kappa shape index (κ2) is 7.09. The first-order chi connectivity index (χ1) is 9.67. The first-order valence-electron chi connectivity index (χ1n) is 5.87. The van der Waals surface area contributed by atoms with E-state index in [-0.39, 0.29) is 5.91 Å². The minimum absolute atomic E-state index is 0.188. The molecule has 2 rings (SSSR count). The highest BCUT2D eigenvalue weighted by molar-refractivity contribution is 14.1. The third-order valence-electron chi connectivity index (χ3n) is 2.47. The van der Waals surface area contributed by atoms with Gasteiger partial charge in [-0.05, 0) is 46.4 Å². The van der Waals surface area contributed by atoms with Crippen molar-refractivity contribution in [3.63, 3.8) is 0 Å². The van der Waals surface area contributed by atoms with Gasteiger partial charge in [-0.3, -0.25) is 4.79 Å². The van der Waals surface area contributed by atoms with Gasteiger partial charge in [0.2, 0.25) is 11.8 Å². The molecule has 104 valence electrons. The molecular formula is C14H13IN2O3. The van der Waals surface area contributed by atoms with E-state index in [9.17, 15) is 4.79 Å². The summed E-state index contributed by atoms with van der Waals surface area (Å²) in [6, 6.07) is 7.24. The molecule has 0 aromatic carbocycles. The Hall–Kier alpha value is -1.83. The molecule has 0 fully saturated rings. The molecule has 0 aliphatic heterocycles. The number of furan rings is 1. The Kier molecular flexibility index (Phi) is 5.16. The van der Waals surface area contributed by atoms with E-state index in [1.165, 1.54) is 6.08 Å². The number of halogens is 1. The Balaban J connectivity index is 1.83. The van der Waals surface area contributed by atoms with Crippen molar-refractivity contribution in [2.24, 2.45) is 0 Å². The van der Waals surface area contributed by atoms with Crippen LogP contribution in [0.5, 0.6) is 5.88 Å². The molecule has 1 N–H and O–H groups in total. The van der Waals surface area contributed by atoms with Crippen LogP contribution in [-0.4, -0.2) is 18.0 Å². The molecule has 6 heteroatoms. The van der Waals surface area contributed by atoms with E-state index in [0.717, 1.165) is 9.33 Å². The second-order valence-electron chi connectivity index (χ2n) is 3.90. The molecule has 0 spiro atoms. The number of hydrogen-bond acceptors (Lipinski definition) is 4. The highest BCUT2D eigenvalue weighted by Gasteiger charge is 2.00. The van der Waals surface area contributed by atoms with Gasteiger partial charge in [-0.2, -0.15) is 0 Å². The highest BCUT2D eigenvalue weighted by atomic mass is 127. The molecule has 2 aromatic rings. The van der Waals surface area contributed by atoms with Crippen LogP contribution >= 0.6 is 22.6 Å². The van der Waals surface area contributed by atoms with Gasteiger partial charge in [-0.1, -0.05) is 6.07 Å². The van der Waals surface area contributed by atoms with E-state index in [1.807, 2.05) is 12.1 Å². The van der Waals surface area contributed by atoms with Crippen molar-refractivity contribution in [3.05, 3.63) is 51.6 Å². The summed E-state index contributed by atoms with van der Waals surface area (Å²) in [5, 5.41) is 2.76. The topological polar surface area (TPSA) is 64.4 Å². The predicted octanol–water partition coefficient (Wildman–Crippen LogP) is 2.62. The Morgan fingerprint density at radius 3 is 2.90 bits per heavy atom. The third kappa shape index (κ3) is 4.37. The number of nitrogens with one attached hydrogen (secondary N) is 1. The maximum atomic E-state index is 11.6. The van der Waals surface area contributed by atoms with Crippen molar-refractivity contribution in [1.82, 2.24) is 10.3 Å². The normalized spacial score (nSPS) is 10.7. The van der Waals surface area contributed by atoms with Crippen molar-refractivity contribution >= 4 is 34.6 Å². The molecular weight excluding hydrogens is 371 g/mol. The minimum Gasteiger partial charge on any atom is -0.481 e. The van der Waals surface area contributed by atoms with E-state index in [1.54, 1.807) is 31.5 Å². The van der Waals surface area contributed by atoms with Gasteiger partial charge in [0.25, 0.3) is 0 Å². The van der Waals surface area contributed by atoms with Crippen LogP contribution in [0.15, 0.2) is 41.0 Å². The quantitative estimate of drug-likeness (QED) is 0.636. The minimum atomic E-state index is -0.188. The van der Waals surface area contributed by atoms with Gasteiger partial charge in [-0.15, -0.1) is 0 Å². The molecule has 1 amide bonds. The Morgan fingerprint density at radius 2 is 2.30 bits per heavy atom. The van der Waals surface area contributed by atoms with Gasteiger partial charge in [0.15, 0.2) is 3.77 Å². The lowest BCUT2D eigenvalue weighted by Crippen LogP contribution is -2.20. The van der Waals surface area contributed by atoms with Crippen molar-refractivity contribution in [2.45, 2.75) is 6.54 Å². The first-order valence-corrected chi connectivity index (χ1v) is 6.95. The average molecular weight is 384 g/mol. The molecule has 2 aromatic heterocycles. The molecule has 0 aliphatic carbocycles. The molecule has 0 atom stereocenters. The number of ether oxygens (including phenoxy) is 1. The summed E-state index contributed by atoms with van der Waals surface area (Å²) in [6.07, 6.45) is 4.73. The van der Waals surface area contributed by atoms with Crippen LogP contribution in [0.3, 0.4) is 0 Å². The summed E-state index contributed by atoms with van der Waals surface area (Å²) < 4.78 is 11.1. The molecule has 0 saturated heterocycles. The summed E-state index contributed by atoms with van der Waals surface area (Å²) in [7, 11) is 1.56. The average Bonchev–Trinajstić information content (AvgIpc) is 2.89. The first kappa shape index (κ1) is 14.6. The zero-order chi connectivity index (χ0) is 14.4. The molecule has 0 radical (unpaired) electrons. The van der Waals surface area contributed by atoms with Crippen molar-refractivity contribution in [2.75, 3.05) is 7.11 Å². The molecule has 20 heavy (non-hydrogen) atoms. The number of carbonyl (C=O) groups is 1. The molecule has 2 heterocycles. The zero-order valence-corrected chi connectivity index (χ0v) is 13.0. The highest BCUT2D eigenvalue weighted by Crippen LogP contribution is 2.11. The standard InChI is InChI=1S/C14H13IN2O3/c1-19-14-7-2-10(9-17-14)8-16-13(18)6-4-11-3-5-12(15)20-11/h2-7,9H,8H2,1H3,(H,16,18). The fourth-order valence-electron chi connectivity index (χ4n) is 1.46. The maximum absolute atomic E-state index is 11.6. The lowest BCUT2D eigenvalue weighted by atomic mass is 10.3. The number of amides is 1. The lowest BCUT2D eigenvalue weighted by molar-refractivity contribution is -0.116. The fourth-order valence-corrected chi connectivity index (χ4v) is 1.89. The Morgan fingerprint density at radius 1 is 1.45 bits per heavy atom. The third-order valence-corrected chi connectivity index (χ3v) is 3.05. The van der Waals surface area contributed by atoms with Crippen molar-refractivity contribution in [3.8, 4) is 5.88 Å². The van der Waals surface area contributed by atoms with E-state index in [0.29, 0.717) is 18.2 Å². The Labute approximate surface area is 130 Å². The predicted molar refractivity (Wildman–Crippen MR) is 83.1 cm³/mol. The molecule has 0 unspecified atom stereocenters. The Bertz CT molecular complexity index is 605. The van der Waals surface area contributed by atoms with Crippen LogP contribution in [0.25, 0.3) is 6.08 Å². The summed E-state index contributed by atoms with van der Waals surface area (Å²) in [5.74, 6) is 1.01. The number of hydrogen-bond donors (Lipinski definition) is 1. The smallest absolute Gasteiger partial charge is 0.244 e. The van der Waals surface area contributed by atoms with Gasteiger partial charge in [0.05, 0.1) is 7.11 Å². The van der Waals surface area contributed by atoms with Gasteiger partial charge in [-0.25, -0.2) is 4.98 Å². The van der Waals surface area contributed by atoms with Gasteiger partial charge >= 0.3 is 0 Å². The monoisotopic (exact) mass is 384 g/mol. The van der Waals surface area contributed by atoms with Gasteiger partial charge in [0.1, 0.15) is 5.76 Å². The molecule has 0 bridgehead atoms. The SMILES string of the molecule is COc1ccc(CNC(=O)C=Cc2ccc(I)o2)cn1. The van der Waals surface area contributed by atoms with Crippen LogP contribution in [-0.2, 0) is 11.3 Å². The van der Waals surface area contributed by atoms with E-state index in [4.69, 9.17) is 9.15 Å². The number of rotatable bonds is 5. The van der Waals surface area contributed by atoms with Crippen molar-refractivity contribution in [1.29, 1.82) is 0 Å². The van der Waals surface area contributed by atoms with E-state index in [2.05, 4.69) is 32.9 Å². The van der Waals surface area contributed by atoms with Crippen LogP contribution in [0.1, 0.15) is 11.3 Å². The summed E-state index contributed by atoms with van der Waals surface area (Å²) >= 11 is 2.07. The van der Waals surface area contributed by atoms with E-state index >= 15 is 0 Å². The number of methoxy groups -OCH3 is 1. The lowest BCUT2D eigenvalue weighted by Gasteiger charge is -2.03. The molecule has 0 aliphatic rings. The van der Waals surface area contributed by atoms with Crippen LogP contribution < -0.4 is 10.1 Å². The van der Waals surface area contributed by atoms with Crippen LogP contribution in [0.4, 0.5) is 0 Å². The number of carbonyl (C=O) groups excluding carboxylic acids is 1. The van der Waals surface area contributed by atoms with Gasteiger partial charge in [0, 0.05) is 24.9 Å². The number of pyridine rings is 1. The number of aromatic nitrogens is 1. The largest absolute Gasteiger partial charge is 0.481 e. The summed E-state index contributed by atoms with van der Waals surface area (Å²) in [4.78, 5) is 15.7. The zero-order valence-electron chi connectivity index (χ0n) is 10.8. The maximum Gasteiger partial charge on any atom is 0.244 e. The van der Waals surface area contributed by atoms with Gasteiger partial charge < -0.3 is 14.5 Å². The fraction of sp³-hybridized carbons (Fsp3) is 0.143. The van der Waals surface area contributed by atoms with Crippen molar-refractivity contribution < 1.29 is 13.9 Å². The molecule has 0 saturated carbocycles. The summed E-state index contributed by atoms with van der Waals surface area (Å²) in [6.45, 7) is 0.413. The van der Waals surface area contributed by atoms with E-state index < -0.39 is 0 Å².